The van der Waals surface area contributed by atoms with Crippen LogP contribution in [0.5, 0.6) is 11.6 Å². The summed E-state index contributed by atoms with van der Waals surface area (Å²) >= 11 is -2.61. The number of piperazine rings is 1. The first-order valence-corrected chi connectivity index (χ1v) is 10.5. The van der Waals surface area contributed by atoms with Gasteiger partial charge in [0, 0.05) is 50.0 Å². The Morgan fingerprint density at radius 1 is 1.25 bits per heavy atom. The number of nitrogens with one attached hydrogen (secondary N) is 1. The van der Waals surface area contributed by atoms with Gasteiger partial charge in [-0.05, 0) is 24.3 Å². The van der Waals surface area contributed by atoms with Crippen molar-refractivity contribution in [2.24, 2.45) is 0 Å². The molecule has 2 aromatic rings. The second-order valence-electron chi connectivity index (χ2n) is 6.85. The zero-order chi connectivity index (χ0) is 23.3. The fraction of sp³-hybridized carbons (Fsp3) is 0.368. The van der Waals surface area contributed by atoms with Gasteiger partial charge in [-0.3, -0.25) is 19.0 Å². The zero-order valence-corrected chi connectivity index (χ0v) is 17.8. The molecule has 174 valence electrons. The van der Waals surface area contributed by atoms with Gasteiger partial charge in [-0.25, -0.2) is 9.19 Å². The smallest absolute Gasteiger partial charge is 0.481 e. The van der Waals surface area contributed by atoms with Gasteiger partial charge in [-0.2, -0.15) is 0 Å². The minimum Gasteiger partial charge on any atom is -0.481 e. The Hall–Kier alpha value is -2.90. The minimum atomic E-state index is -5.03. The zero-order valence-electron chi connectivity index (χ0n) is 17.0. The number of alkyl halides is 3. The predicted octanol–water partition coefficient (Wildman–Crippen LogP) is 2.50. The van der Waals surface area contributed by atoms with Crippen LogP contribution < -0.4 is 14.2 Å². The fourth-order valence-corrected chi connectivity index (χ4v) is 3.66. The molecule has 1 atom stereocenters. The largest absolute Gasteiger partial charge is 0.573 e. The summed E-state index contributed by atoms with van der Waals surface area (Å²) in [6, 6.07) is 6.97. The Bertz CT molecular complexity index is 984. The lowest BCUT2D eigenvalue weighted by atomic mass is 10.1. The Balaban J connectivity index is 1.67. The van der Waals surface area contributed by atoms with E-state index in [1.165, 1.54) is 18.1 Å². The number of benzene rings is 1. The van der Waals surface area contributed by atoms with E-state index in [0.717, 1.165) is 17.7 Å². The van der Waals surface area contributed by atoms with Crippen LogP contribution in [0.25, 0.3) is 0 Å². The molecule has 1 fully saturated rings. The van der Waals surface area contributed by atoms with Crippen molar-refractivity contribution in [3.8, 4) is 11.6 Å². The number of aromatic nitrogens is 1. The van der Waals surface area contributed by atoms with Crippen LogP contribution in [0, 0.1) is 0 Å². The number of carbonyl (C=O) groups is 1. The number of halogens is 3. The molecule has 2 N–H and O–H groups in total. The van der Waals surface area contributed by atoms with Gasteiger partial charge in [0.15, 0.2) is 5.75 Å². The van der Waals surface area contributed by atoms with E-state index in [0.29, 0.717) is 38.6 Å². The molecule has 1 aliphatic rings. The molecule has 9 nitrogen and oxygen atoms in total. The number of rotatable bonds is 7. The molecular formula is C19H21F3N4O5S. The van der Waals surface area contributed by atoms with E-state index < -0.39 is 29.3 Å². The van der Waals surface area contributed by atoms with E-state index in [1.807, 2.05) is 16.9 Å². The average Bonchev–Trinajstić information content (AvgIpc) is 2.74. The van der Waals surface area contributed by atoms with E-state index in [2.05, 4.69) is 14.6 Å². The standard InChI is InChI=1S/C19H21F3N4O5S/c1-30-17-14(3-2-6-23-17)12-25-7-9-26(10-8-25)18(27)13-4-5-15(24-32(28)29)16(11-13)31-19(20,21)22/h2-6,11,24H,7-10,12H2,1H3,(H,28,29). The Kier molecular flexibility index (Phi) is 7.53. The van der Waals surface area contributed by atoms with Crippen LogP contribution >= 0.6 is 0 Å². The van der Waals surface area contributed by atoms with Gasteiger partial charge in [0.1, 0.15) is 0 Å². The molecule has 1 amide bonds. The molecule has 3 rings (SSSR count). The molecule has 1 aromatic heterocycles. The van der Waals surface area contributed by atoms with Crippen molar-refractivity contribution in [3.63, 3.8) is 0 Å². The van der Waals surface area contributed by atoms with Gasteiger partial charge >= 0.3 is 6.36 Å². The number of pyridine rings is 1. The number of carbonyl (C=O) groups excluding carboxylic acids is 1. The number of hydrogen-bond acceptors (Lipinski definition) is 6. The quantitative estimate of drug-likeness (QED) is 0.595. The van der Waals surface area contributed by atoms with E-state index >= 15 is 0 Å². The third kappa shape index (κ3) is 6.31. The monoisotopic (exact) mass is 474 g/mol. The third-order valence-electron chi connectivity index (χ3n) is 4.75. The van der Waals surface area contributed by atoms with Crippen LogP contribution in [0.15, 0.2) is 36.5 Å². The molecule has 0 spiro atoms. The van der Waals surface area contributed by atoms with E-state index in [4.69, 9.17) is 9.29 Å². The fourth-order valence-electron chi connectivity index (χ4n) is 3.30. The summed E-state index contributed by atoms with van der Waals surface area (Å²) < 4.78 is 69.1. The summed E-state index contributed by atoms with van der Waals surface area (Å²) in [5, 5.41) is 0. The van der Waals surface area contributed by atoms with Crippen molar-refractivity contribution in [2.45, 2.75) is 12.9 Å². The summed E-state index contributed by atoms with van der Waals surface area (Å²) in [6.07, 6.45) is -3.40. The highest BCUT2D eigenvalue weighted by Gasteiger charge is 2.33. The predicted molar refractivity (Wildman–Crippen MR) is 109 cm³/mol. The summed E-state index contributed by atoms with van der Waals surface area (Å²) in [6.45, 7) is 2.44. The van der Waals surface area contributed by atoms with E-state index in [-0.39, 0.29) is 11.3 Å². The SMILES string of the molecule is COc1ncccc1CN1CCN(C(=O)c2ccc(NS(=O)O)c(OC(F)(F)F)c2)CC1. The molecule has 0 aliphatic carbocycles. The van der Waals surface area contributed by atoms with Crippen LogP contribution in [-0.2, 0) is 17.8 Å². The highest BCUT2D eigenvalue weighted by Crippen LogP contribution is 2.32. The van der Waals surface area contributed by atoms with E-state index in [9.17, 15) is 22.2 Å². The van der Waals surface area contributed by atoms with Crippen molar-refractivity contribution in [1.82, 2.24) is 14.8 Å². The first-order valence-electron chi connectivity index (χ1n) is 9.43. The molecular weight excluding hydrogens is 453 g/mol. The Morgan fingerprint density at radius 3 is 2.59 bits per heavy atom. The molecule has 1 aromatic carbocycles. The molecule has 0 bridgehead atoms. The van der Waals surface area contributed by atoms with Gasteiger partial charge in [0.25, 0.3) is 17.2 Å². The molecule has 1 unspecified atom stereocenters. The minimum absolute atomic E-state index is 0.0269. The van der Waals surface area contributed by atoms with Crippen molar-refractivity contribution in [1.29, 1.82) is 0 Å². The van der Waals surface area contributed by atoms with Gasteiger partial charge in [-0.15, -0.1) is 13.2 Å². The number of amides is 1. The summed E-state index contributed by atoms with van der Waals surface area (Å²) in [4.78, 5) is 20.6. The molecule has 0 radical (unpaired) electrons. The maximum absolute atomic E-state index is 12.8. The Labute approximate surface area is 184 Å². The molecule has 0 saturated carbocycles. The Morgan fingerprint density at radius 2 is 1.97 bits per heavy atom. The molecule has 2 heterocycles. The molecule has 1 saturated heterocycles. The number of hydrogen-bond donors (Lipinski definition) is 2. The van der Waals surface area contributed by atoms with Crippen LogP contribution in [-0.4, -0.2) is 69.1 Å². The normalized spacial score (nSPS) is 15.8. The highest BCUT2D eigenvalue weighted by atomic mass is 32.2. The second kappa shape index (κ2) is 10.1. The summed E-state index contributed by atoms with van der Waals surface area (Å²) in [7, 11) is 1.54. The van der Waals surface area contributed by atoms with Crippen molar-refractivity contribution in [2.75, 3.05) is 38.0 Å². The second-order valence-corrected chi connectivity index (χ2v) is 7.55. The number of anilines is 1. The van der Waals surface area contributed by atoms with E-state index in [1.54, 1.807) is 6.20 Å². The first kappa shape index (κ1) is 23.8. The highest BCUT2D eigenvalue weighted by molar-refractivity contribution is 7.80. The average molecular weight is 474 g/mol. The van der Waals surface area contributed by atoms with Crippen molar-refractivity contribution < 1.29 is 36.2 Å². The summed E-state index contributed by atoms with van der Waals surface area (Å²) in [5.74, 6) is -0.707. The lowest BCUT2D eigenvalue weighted by Crippen LogP contribution is -2.48. The van der Waals surface area contributed by atoms with Gasteiger partial charge in [0.05, 0.1) is 12.8 Å². The molecule has 1 aliphatic heterocycles. The van der Waals surface area contributed by atoms with Crippen molar-refractivity contribution in [3.05, 3.63) is 47.7 Å². The van der Waals surface area contributed by atoms with Gasteiger partial charge in [-0.1, -0.05) is 6.07 Å². The molecule has 32 heavy (non-hydrogen) atoms. The third-order valence-corrected chi connectivity index (χ3v) is 5.14. The number of ether oxygens (including phenoxy) is 2. The van der Waals surface area contributed by atoms with Gasteiger partial charge in [0.2, 0.25) is 5.88 Å². The van der Waals surface area contributed by atoms with Crippen LogP contribution in [0.3, 0.4) is 0 Å². The van der Waals surface area contributed by atoms with Crippen molar-refractivity contribution >= 4 is 22.9 Å². The lowest BCUT2D eigenvalue weighted by molar-refractivity contribution is -0.274. The maximum atomic E-state index is 12.8. The maximum Gasteiger partial charge on any atom is 0.573 e. The van der Waals surface area contributed by atoms with Crippen LogP contribution in [0.1, 0.15) is 15.9 Å². The van der Waals surface area contributed by atoms with Crippen LogP contribution in [0.2, 0.25) is 0 Å². The van der Waals surface area contributed by atoms with Crippen LogP contribution in [0.4, 0.5) is 18.9 Å². The van der Waals surface area contributed by atoms with Gasteiger partial charge < -0.3 is 14.4 Å². The summed E-state index contributed by atoms with van der Waals surface area (Å²) in [5.41, 5.74) is 0.518. The molecule has 13 heteroatoms. The number of methoxy groups -OCH3 is 1. The topological polar surface area (TPSA) is 104 Å². The number of nitrogens with zero attached hydrogens (tertiary/aromatic N) is 3. The lowest BCUT2D eigenvalue weighted by Gasteiger charge is -2.35. The first-order chi connectivity index (χ1) is 15.2.